The first-order valence-electron chi connectivity index (χ1n) is 9.89. The Hall–Kier alpha value is -3.47. The van der Waals surface area contributed by atoms with Gasteiger partial charge in [0.2, 0.25) is 5.91 Å². The zero-order chi connectivity index (χ0) is 22.3. The topological polar surface area (TPSA) is 70.2 Å². The second-order valence-electron chi connectivity index (χ2n) is 7.23. The lowest BCUT2D eigenvalue weighted by Crippen LogP contribution is -2.35. The molecule has 0 spiro atoms. The summed E-state index contributed by atoms with van der Waals surface area (Å²) in [6.07, 6.45) is -1.50. The number of halogens is 3. The van der Waals surface area contributed by atoms with Crippen LogP contribution >= 0.6 is 0 Å². The highest BCUT2D eigenvalue weighted by atomic mass is 19.4. The summed E-state index contributed by atoms with van der Waals surface area (Å²) in [6, 6.07) is 11.5. The van der Waals surface area contributed by atoms with Gasteiger partial charge < -0.3 is 16.0 Å². The van der Waals surface area contributed by atoms with Gasteiger partial charge in [-0.15, -0.1) is 0 Å². The van der Waals surface area contributed by atoms with Crippen LogP contribution in [0.4, 0.5) is 23.7 Å². The summed E-state index contributed by atoms with van der Waals surface area (Å²) >= 11 is 0. The maximum Gasteiger partial charge on any atom is 0.416 e. The van der Waals surface area contributed by atoms with Gasteiger partial charge in [0.1, 0.15) is 0 Å². The van der Waals surface area contributed by atoms with Crippen LogP contribution in [0, 0.1) is 17.8 Å². The Balaban J connectivity index is 1.43. The molecule has 2 aromatic rings. The van der Waals surface area contributed by atoms with Crippen LogP contribution < -0.4 is 16.0 Å². The van der Waals surface area contributed by atoms with Gasteiger partial charge in [-0.05, 0) is 48.7 Å². The van der Waals surface area contributed by atoms with E-state index < -0.39 is 17.8 Å². The minimum absolute atomic E-state index is 0.0143. The number of nitrogens with one attached hydrogen (secondary N) is 3. The third-order valence-corrected chi connectivity index (χ3v) is 4.88. The molecule has 0 bridgehead atoms. The molecule has 0 aromatic heterocycles. The van der Waals surface area contributed by atoms with E-state index in [4.69, 9.17) is 0 Å². The second kappa shape index (κ2) is 10.0. The number of amides is 3. The van der Waals surface area contributed by atoms with Crippen LogP contribution in [0.15, 0.2) is 48.5 Å². The highest BCUT2D eigenvalue weighted by Gasteiger charge is 2.30. The van der Waals surface area contributed by atoms with Gasteiger partial charge in [-0.1, -0.05) is 36.5 Å². The molecule has 1 aliphatic rings. The van der Waals surface area contributed by atoms with Gasteiger partial charge in [0.05, 0.1) is 12.1 Å². The zero-order valence-electron chi connectivity index (χ0n) is 16.7. The highest BCUT2D eigenvalue weighted by Crippen LogP contribution is 2.29. The smallest absolute Gasteiger partial charge is 0.334 e. The fourth-order valence-corrected chi connectivity index (χ4v) is 2.96. The van der Waals surface area contributed by atoms with Crippen molar-refractivity contribution in [1.82, 2.24) is 10.6 Å². The predicted octanol–water partition coefficient (Wildman–Crippen LogP) is 4.29. The van der Waals surface area contributed by atoms with Crippen LogP contribution in [0.5, 0.6) is 0 Å². The molecule has 0 atom stereocenters. The summed E-state index contributed by atoms with van der Waals surface area (Å²) in [7, 11) is 0. The summed E-state index contributed by atoms with van der Waals surface area (Å²) in [5.74, 6) is 5.33. The lowest BCUT2D eigenvalue weighted by atomic mass is 9.85. The van der Waals surface area contributed by atoms with E-state index in [0.717, 1.165) is 37.0 Å². The summed E-state index contributed by atoms with van der Waals surface area (Å²) in [5, 5.41) is 8.09. The van der Waals surface area contributed by atoms with Gasteiger partial charge in [-0.3, -0.25) is 4.79 Å². The van der Waals surface area contributed by atoms with Crippen LogP contribution in [0.3, 0.4) is 0 Å². The van der Waals surface area contributed by atoms with Crippen molar-refractivity contribution in [1.29, 1.82) is 0 Å². The molecular weight excluding hydrogens is 407 g/mol. The van der Waals surface area contributed by atoms with Gasteiger partial charge in [-0.25, -0.2) is 4.79 Å². The summed E-state index contributed by atoms with van der Waals surface area (Å²) in [4.78, 5) is 23.9. The van der Waals surface area contributed by atoms with Crippen molar-refractivity contribution >= 4 is 17.6 Å². The molecule has 1 aliphatic carbocycles. The average molecular weight is 429 g/mol. The molecular formula is C23H22F3N3O2. The van der Waals surface area contributed by atoms with E-state index in [1.165, 1.54) is 12.1 Å². The number of carbonyl (C=O) groups is 2. The number of rotatable bonds is 5. The molecule has 0 aliphatic heterocycles. The van der Waals surface area contributed by atoms with Crippen molar-refractivity contribution in [2.45, 2.75) is 32.0 Å². The minimum Gasteiger partial charge on any atom is -0.334 e. The molecule has 0 heterocycles. The van der Waals surface area contributed by atoms with Crippen molar-refractivity contribution in [3.8, 4) is 11.8 Å². The van der Waals surface area contributed by atoms with Crippen molar-refractivity contribution in [2.24, 2.45) is 5.92 Å². The Labute approximate surface area is 178 Å². The number of benzene rings is 2. The number of alkyl halides is 3. The molecule has 5 nitrogen and oxygen atoms in total. The number of hydrogen-bond acceptors (Lipinski definition) is 2. The predicted molar refractivity (Wildman–Crippen MR) is 111 cm³/mol. The summed E-state index contributed by atoms with van der Waals surface area (Å²) in [6.45, 7) is 0.236. The van der Waals surface area contributed by atoms with E-state index in [1.807, 2.05) is 6.07 Å². The third kappa shape index (κ3) is 6.78. The van der Waals surface area contributed by atoms with Crippen LogP contribution in [0.1, 0.15) is 36.0 Å². The Morgan fingerprint density at radius 3 is 2.52 bits per heavy atom. The SMILES string of the molecule is O=C(NCC#Cc1cccc(C(F)(F)F)c1)NCc1cccc(NC(=O)C2CCC2)c1. The molecule has 3 rings (SSSR count). The summed E-state index contributed by atoms with van der Waals surface area (Å²) in [5.41, 5.74) is 0.953. The van der Waals surface area contributed by atoms with Crippen LogP contribution in [0.2, 0.25) is 0 Å². The van der Waals surface area contributed by atoms with Crippen molar-refractivity contribution in [2.75, 3.05) is 11.9 Å². The zero-order valence-corrected chi connectivity index (χ0v) is 16.7. The van der Waals surface area contributed by atoms with Crippen molar-refractivity contribution < 1.29 is 22.8 Å². The van der Waals surface area contributed by atoms with E-state index in [0.29, 0.717) is 5.69 Å². The molecule has 0 unspecified atom stereocenters. The lowest BCUT2D eigenvalue weighted by molar-refractivity contribution is -0.137. The number of anilines is 1. The molecule has 1 fully saturated rings. The molecule has 3 amide bonds. The third-order valence-electron chi connectivity index (χ3n) is 4.88. The molecule has 31 heavy (non-hydrogen) atoms. The molecule has 0 radical (unpaired) electrons. The van der Waals surface area contributed by atoms with Crippen LogP contribution in [-0.4, -0.2) is 18.5 Å². The molecule has 0 saturated heterocycles. The van der Waals surface area contributed by atoms with E-state index >= 15 is 0 Å². The fourth-order valence-electron chi connectivity index (χ4n) is 2.96. The molecule has 2 aromatic carbocycles. The normalized spacial score (nSPS) is 13.4. The van der Waals surface area contributed by atoms with E-state index in [2.05, 4.69) is 27.8 Å². The number of urea groups is 1. The molecule has 8 heteroatoms. The van der Waals surface area contributed by atoms with Crippen molar-refractivity contribution in [3.63, 3.8) is 0 Å². The lowest BCUT2D eigenvalue weighted by Gasteiger charge is -2.24. The first kappa shape index (κ1) is 22.2. The standard InChI is InChI=1S/C23H22F3N3O2/c24-23(25,26)19-10-1-5-16(13-19)7-4-12-27-22(31)28-15-17-6-2-11-20(14-17)29-21(30)18-8-3-9-18/h1-2,5-6,10-11,13-14,18H,3,8-9,12,15H2,(H,29,30)(H2,27,28,31). The van der Waals surface area contributed by atoms with Gasteiger partial charge >= 0.3 is 12.2 Å². The Morgan fingerprint density at radius 1 is 1.03 bits per heavy atom. The van der Waals surface area contributed by atoms with Crippen LogP contribution in [-0.2, 0) is 17.5 Å². The van der Waals surface area contributed by atoms with Gasteiger partial charge in [-0.2, -0.15) is 13.2 Å². The second-order valence-corrected chi connectivity index (χ2v) is 7.23. The fraction of sp³-hybridized carbons (Fsp3) is 0.304. The first-order chi connectivity index (χ1) is 14.8. The monoisotopic (exact) mass is 429 g/mol. The number of carbonyl (C=O) groups excluding carboxylic acids is 2. The first-order valence-corrected chi connectivity index (χ1v) is 9.89. The van der Waals surface area contributed by atoms with Crippen molar-refractivity contribution in [3.05, 3.63) is 65.2 Å². The highest BCUT2D eigenvalue weighted by molar-refractivity contribution is 5.93. The van der Waals surface area contributed by atoms with Gasteiger partial charge in [0.25, 0.3) is 0 Å². The molecule has 1 saturated carbocycles. The quantitative estimate of drug-likeness (QED) is 0.621. The molecule has 162 valence electrons. The summed E-state index contributed by atoms with van der Waals surface area (Å²) < 4.78 is 38.1. The van der Waals surface area contributed by atoms with Gasteiger partial charge in [0, 0.05) is 23.7 Å². The Morgan fingerprint density at radius 2 is 1.81 bits per heavy atom. The van der Waals surface area contributed by atoms with Gasteiger partial charge in [0.15, 0.2) is 0 Å². The van der Waals surface area contributed by atoms with E-state index in [1.54, 1.807) is 18.2 Å². The Kier molecular flexibility index (Phi) is 7.19. The van der Waals surface area contributed by atoms with E-state index in [-0.39, 0.29) is 30.5 Å². The largest absolute Gasteiger partial charge is 0.416 e. The maximum atomic E-state index is 12.7. The van der Waals surface area contributed by atoms with E-state index in [9.17, 15) is 22.8 Å². The Bertz CT molecular complexity index is 1000. The number of hydrogen-bond donors (Lipinski definition) is 3. The van der Waals surface area contributed by atoms with Crippen LogP contribution in [0.25, 0.3) is 0 Å². The molecule has 3 N–H and O–H groups in total. The minimum atomic E-state index is -4.42. The average Bonchev–Trinajstić information content (AvgIpc) is 2.68. The maximum absolute atomic E-state index is 12.7.